The Morgan fingerprint density at radius 3 is 2.50 bits per heavy atom. The van der Waals surface area contributed by atoms with Crippen LogP contribution in [-0.2, 0) is 6.54 Å². The molecular formula is C16H30IN5. The Morgan fingerprint density at radius 2 is 2.05 bits per heavy atom. The summed E-state index contributed by atoms with van der Waals surface area (Å²) >= 11 is 0. The largest absolute Gasteiger partial charge is 0.356 e. The van der Waals surface area contributed by atoms with E-state index in [2.05, 4.69) is 54.9 Å². The lowest BCUT2D eigenvalue weighted by atomic mass is 9.65. The highest BCUT2D eigenvalue weighted by Crippen LogP contribution is 2.46. The highest BCUT2D eigenvalue weighted by atomic mass is 127. The molecule has 2 heterocycles. The first-order chi connectivity index (χ1) is 9.78. The van der Waals surface area contributed by atoms with Crippen molar-refractivity contribution in [2.75, 3.05) is 20.1 Å². The van der Waals surface area contributed by atoms with Gasteiger partial charge in [0.15, 0.2) is 5.96 Å². The van der Waals surface area contributed by atoms with Crippen LogP contribution in [0.1, 0.15) is 34.6 Å². The van der Waals surface area contributed by atoms with Gasteiger partial charge in [-0.15, -0.1) is 24.0 Å². The van der Waals surface area contributed by atoms with E-state index in [0.717, 1.165) is 25.6 Å². The van der Waals surface area contributed by atoms with Gasteiger partial charge in [-0.05, 0) is 25.8 Å². The molecule has 0 saturated carbocycles. The number of hydrogen-bond donors (Lipinski definition) is 1. The molecule has 1 aromatic rings. The van der Waals surface area contributed by atoms with Gasteiger partial charge in [-0.1, -0.05) is 20.8 Å². The molecule has 0 spiro atoms. The Hall–Kier alpha value is -0.790. The zero-order valence-electron chi connectivity index (χ0n) is 14.6. The van der Waals surface area contributed by atoms with Crippen LogP contribution in [0.15, 0.2) is 23.5 Å². The molecule has 2 rings (SSSR count). The smallest absolute Gasteiger partial charge is 0.194 e. The fraction of sp³-hybridized carbons (Fsp3) is 0.750. The highest BCUT2D eigenvalue weighted by molar-refractivity contribution is 14.0. The van der Waals surface area contributed by atoms with Crippen LogP contribution in [0.5, 0.6) is 0 Å². The van der Waals surface area contributed by atoms with Gasteiger partial charge < -0.3 is 10.2 Å². The molecule has 0 aromatic carbocycles. The molecule has 1 fully saturated rings. The van der Waals surface area contributed by atoms with Crippen LogP contribution < -0.4 is 5.32 Å². The van der Waals surface area contributed by atoms with Crippen LogP contribution in [-0.4, -0.2) is 46.3 Å². The van der Waals surface area contributed by atoms with Crippen molar-refractivity contribution < 1.29 is 0 Å². The van der Waals surface area contributed by atoms with Crippen molar-refractivity contribution in [3.63, 3.8) is 0 Å². The molecule has 1 aliphatic heterocycles. The molecule has 1 aromatic heterocycles. The van der Waals surface area contributed by atoms with Gasteiger partial charge in [0.05, 0.1) is 0 Å². The third-order valence-electron chi connectivity index (χ3n) is 5.02. The van der Waals surface area contributed by atoms with Gasteiger partial charge in [0, 0.05) is 50.0 Å². The summed E-state index contributed by atoms with van der Waals surface area (Å²) in [6, 6.07) is 1.96. The first kappa shape index (κ1) is 19.3. The summed E-state index contributed by atoms with van der Waals surface area (Å²) in [6.45, 7) is 14.3. The van der Waals surface area contributed by atoms with E-state index in [4.69, 9.17) is 0 Å². The van der Waals surface area contributed by atoms with Crippen molar-refractivity contribution >= 4 is 29.9 Å². The summed E-state index contributed by atoms with van der Waals surface area (Å²) in [5, 5.41) is 7.77. The molecule has 22 heavy (non-hydrogen) atoms. The minimum absolute atomic E-state index is 0. The predicted octanol–water partition coefficient (Wildman–Crippen LogP) is 2.83. The number of halogens is 1. The minimum atomic E-state index is 0. The highest BCUT2D eigenvalue weighted by Gasteiger charge is 2.53. The second-order valence-electron chi connectivity index (χ2n) is 7.29. The van der Waals surface area contributed by atoms with Crippen LogP contribution in [0, 0.1) is 11.3 Å². The molecule has 1 aliphatic rings. The summed E-state index contributed by atoms with van der Waals surface area (Å²) in [5.74, 6) is 1.51. The van der Waals surface area contributed by atoms with E-state index in [9.17, 15) is 0 Å². The van der Waals surface area contributed by atoms with E-state index in [1.165, 1.54) is 0 Å². The summed E-state index contributed by atoms with van der Waals surface area (Å²) in [4.78, 5) is 6.82. The summed E-state index contributed by atoms with van der Waals surface area (Å²) in [7, 11) is 1.86. The fourth-order valence-corrected chi connectivity index (χ4v) is 2.75. The second kappa shape index (κ2) is 7.19. The molecule has 1 saturated heterocycles. The number of aromatic nitrogens is 2. The van der Waals surface area contributed by atoms with Gasteiger partial charge in [-0.25, -0.2) is 0 Å². The zero-order chi connectivity index (χ0) is 15.7. The van der Waals surface area contributed by atoms with E-state index in [0.29, 0.717) is 11.3 Å². The van der Waals surface area contributed by atoms with Gasteiger partial charge in [-0.2, -0.15) is 5.10 Å². The number of nitrogens with zero attached hydrogens (tertiary/aromatic N) is 4. The number of nitrogens with one attached hydrogen (secondary N) is 1. The Balaban J connectivity index is 0.00000242. The van der Waals surface area contributed by atoms with Gasteiger partial charge in [0.1, 0.15) is 0 Å². The topological polar surface area (TPSA) is 45.5 Å². The van der Waals surface area contributed by atoms with Gasteiger partial charge >= 0.3 is 0 Å². The van der Waals surface area contributed by atoms with Crippen molar-refractivity contribution in [3.05, 3.63) is 18.5 Å². The fourth-order valence-electron chi connectivity index (χ4n) is 2.75. The molecule has 0 bridgehead atoms. The maximum Gasteiger partial charge on any atom is 0.194 e. The first-order valence-corrected chi connectivity index (χ1v) is 7.73. The van der Waals surface area contributed by atoms with Crippen LogP contribution >= 0.6 is 24.0 Å². The van der Waals surface area contributed by atoms with Crippen molar-refractivity contribution in [2.45, 2.75) is 46.7 Å². The quantitative estimate of drug-likeness (QED) is 0.464. The first-order valence-electron chi connectivity index (χ1n) is 7.73. The molecule has 5 nitrogen and oxygen atoms in total. The van der Waals surface area contributed by atoms with Crippen LogP contribution in [0.25, 0.3) is 0 Å². The molecule has 1 N–H and O–H groups in total. The van der Waals surface area contributed by atoms with Crippen LogP contribution in [0.2, 0.25) is 0 Å². The van der Waals surface area contributed by atoms with Gasteiger partial charge in [0.25, 0.3) is 0 Å². The monoisotopic (exact) mass is 419 g/mol. The molecule has 0 amide bonds. The van der Waals surface area contributed by atoms with Gasteiger partial charge in [-0.3, -0.25) is 9.67 Å². The number of aliphatic imine (C=N–C) groups is 1. The molecule has 1 atom stereocenters. The number of hydrogen-bond acceptors (Lipinski definition) is 2. The van der Waals surface area contributed by atoms with Crippen molar-refractivity contribution in [1.82, 2.24) is 20.0 Å². The summed E-state index contributed by atoms with van der Waals surface area (Å²) < 4.78 is 1.98. The standard InChI is InChI=1S/C16H29N5.HI/c1-13(11-20-9-7-8-19-20)10-18-14(17-6)21-12-15(2,3)16(21,4)5;/h7-9,13H,10-12H2,1-6H3,(H,17,18);1H. The Bertz CT molecular complexity index is 493. The maximum absolute atomic E-state index is 4.45. The number of rotatable bonds is 4. The van der Waals surface area contributed by atoms with E-state index in [-0.39, 0.29) is 29.5 Å². The summed E-state index contributed by atoms with van der Waals surface area (Å²) in [5.41, 5.74) is 0.464. The van der Waals surface area contributed by atoms with Crippen molar-refractivity contribution in [1.29, 1.82) is 0 Å². The minimum Gasteiger partial charge on any atom is -0.356 e. The number of guanidine groups is 1. The second-order valence-corrected chi connectivity index (χ2v) is 7.29. The van der Waals surface area contributed by atoms with Gasteiger partial charge in [0.2, 0.25) is 0 Å². The van der Waals surface area contributed by atoms with Crippen molar-refractivity contribution in [3.8, 4) is 0 Å². The van der Waals surface area contributed by atoms with Crippen molar-refractivity contribution in [2.24, 2.45) is 16.3 Å². The zero-order valence-corrected chi connectivity index (χ0v) is 17.0. The Morgan fingerprint density at radius 1 is 1.36 bits per heavy atom. The lowest BCUT2D eigenvalue weighted by molar-refractivity contribution is -0.0668. The lowest BCUT2D eigenvalue weighted by Gasteiger charge is -2.62. The normalized spacial score (nSPS) is 20.8. The van der Waals surface area contributed by atoms with E-state index in [1.54, 1.807) is 0 Å². The predicted molar refractivity (Wildman–Crippen MR) is 103 cm³/mol. The number of likely N-dealkylation sites (tertiary alicyclic amines) is 1. The van der Waals surface area contributed by atoms with E-state index < -0.39 is 0 Å². The Labute approximate surface area is 151 Å². The molecule has 0 aliphatic carbocycles. The van der Waals surface area contributed by atoms with Crippen LogP contribution in [0.3, 0.4) is 0 Å². The molecule has 1 unspecified atom stereocenters. The third kappa shape index (κ3) is 3.75. The van der Waals surface area contributed by atoms with Crippen LogP contribution in [0.4, 0.5) is 0 Å². The average molecular weight is 419 g/mol. The van der Waals surface area contributed by atoms with E-state index in [1.807, 2.05) is 30.2 Å². The SMILES string of the molecule is CN=C(NCC(C)Cn1cccn1)N1CC(C)(C)C1(C)C.I. The third-order valence-corrected chi connectivity index (χ3v) is 5.02. The lowest BCUT2D eigenvalue weighted by Crippen LogP contribution is -2.72. The average Bonchev–Trinajstić information content (AvgIpc) is 2.90. The maximum atomic E-state index is 4.45. The Kier molecular flexibility index (Phi) is 6.29. The molecular weight excluding hydrogens is 389 g/mol. The molecule has 6 heteroatoms. The molecule has 0 radical (unpaired) electrons. The summed E-state index contributed by atoms with van der Waals surface area (Å²) in [6.07, 6.45) is 3.83. The molecule has 126 valence electrons. The van der Waals surface area contributed by atoms with E-state index >= 15 is 0 Å².